The summed E-state index contributed by atoms with van der Waals surface area (Å²) in [5.41, 5.74) is 1.58. The third-order valence-corrected chi connectivity index (χ3v) is 4.85. The molecule has 1 aromatic carbocycles. The van der Waals surface area contributed by atoms with E-state index in [9.17, 15) is 9.90 Å². The predicted molar refractivity (Wildman–Crippen MR) is 106 cm³/mol. The maximum absolute atomic E-state index is 12.7. The van der Waals surface area contributed by atoms with E-state index in [0.717, 1.165) is 31.5 Å². The van der Waals surface area contributed by atoms with Crippen LogP contribution in [0.2, 0.25) is 0 Å². The molecular weight excluding hydrogens is 350 g/mol. The summed E-state index contributed by atoms with van der Waals surface area (Å²) in [7, 11) is 0. The number of carbonyl (C=O) groups excluding carboxylic acids is 1. The molecule has 2 aromatic rings. The monoisotopic (exact) mass is 377 g/mol. The molecule has 0 aliphatic carbocycles. The van der Waals surface area contributed by atoms with E-state index in [1.54, 1.807) is 0 Å². The van der Waals surface area contributed by atoms with Crippen molar-refractivity contribution in [3.8, 4) is 0 Å². The number of halogens is 1. The lowest BCUT2D eigenvalue weighted by Gasteiger charge is -2.26. The molecule has 3 rings (SSSR count). The van der Waals surface area contributed by atoms with Crippen molar-refractivity contribution in [1.29, 1.82) is 0 Å². The van der Waals surface area contributed by atoms with Crippen LogP contribution >= 0.6 is 12.4 Å². The van der Waals surface area contributed by atoms with Gasteiger partial charge in [0.25, 0.3) is 5.91 Å². The van der Waals surface area contributed by atoms with Gasteiger partial charge in [-0.05, 0) is 57.0 Å². The van der Waals surface area contributed by atoms with E-state index in [1.807, 2.05) is 55.6 Å². The van der Waals surface area contributed by atoms with Crippen molar-refractivity contribution in [2.75, 3.05) is 13.1 Å². The average molecular weight is 378 g/mol. The zero-order valence-corrected chi connectivity index (χ0v) is 15.9. The first-order valence-electron chi connectivity index (χ1n) is 9.06. The van der Waals surface area contributed by atoms with Crippen LogP contribution in [0.4, 0.5) is 0 Å². The molecule has 0 radical (unpaired) electrons. The molecule has 0 spiro atoms. The number of nitrogens with one attached hydrogen (secondary N) is 2. The summed E-state index contributed by atoms with van der Waals surface area (Å²) >= 11 is 0. The number of aromatic nitrogens is 1. The van der Waals surface area contributed by atoms with E-state index < -0.39 is 6.10 Å². The highest BCUT2D eigenvalue weighted by Crippen LogP contribution is 2.22. The van der Waals surface area contributed by atoms with Gasteiger partial charge in [-0.25, -0.2) is 0 Å². The van der Waals surface area contributed by atoms with Crippen molar-refractivity contribution in [3.63, 3.8) is 0 Å². The summed E-state index contributed by atoms with van der Waals surface area (Å²) in [6, 6.07) is 13.6. The molecule has 1 saturated heterocycles. The molecule has 1 aliphatic rings. The second-order valence-corrected chi connectivity index (χ2v) is 6.82. The number of aliphatic hydroxyl groups excluding tert-OH is 1. The summed E-state index contributed by atoms with van der Waals surface area (Å²) in [5, 5.41) is 16.7. The van der Waals surface area contributed by atoms with Gasteiger partial charge < -0.3 is 20.3 Å². The lowest BCUT2D eigenvalue weighted by atomic mass is 10.0. The van der Waals surface area contributed by atoms with Gasteiger partial charge in [-0.2, -0.15) is 0 Å². The molecule has 142 valence electrons. The molecular formula is C20H28ClN3O2. The number of aliphatic hydroxyl groups is 1. The minimum Gasteiger partial charge on any atom is -0.388 e. The molecule has 1 amide bonds. The number of hydrogen-bond acceptors (Lipinski definition) is 3. The van der Waals surface area contributed by atoms with Crippen LogP contribution in [0.3, 0.4) is 0 Å². The van der Waals surface area contributed by atoms with Gasteiger partial charge in [-0.1, -0.05) is 30.3 Å². The zero-order valence-electron chi connectivity index (χ0n) is 15.1. The van der Waals surface area contributed by atoms with Crippen LogP contribution in [0.1, 0.15) is 54.4 Å². The van der Waals surface area contributed by atoms with E-state index in [1.165, 1.54) is 0 Å². The maximum Gasteiger partial charge on any atom is 0.268 e. The van der Waals surface area contributed by atoms with Crippen molar-refractivity contribution < 1.29 is 9.90 Å². The van der Waals surface area contributed by atoms with Crippen LogP contribution in [0.15, 0.2) is 48.7 Å². The van der Waals surface area contributed by atoms with Gasteiger partial charge in [0.15, 0.2) is 0 Å². The van der Waals surface area contributed by atoms with Gasteiger partial charge in [0.2, 0.25) is 0 Å². The highest BCUT2D eigenvalue weighted by Gasteiger charge is 2.21. The second kappa shape index (κ2) is 9.76. The number of piperidine rings is 1. The Hall–Kier alpha value is -1.82. The minimum atomic E-state index is -0.576. The molecule has 26 heavy (non-hydrogen) atoms. The Bertz CT molecular complexity index is 683. The fourth-order valence-corrected chi connectivity index (χ4v) is 3.49. The molecule has 6 heteroatoms. The first kappa shape index (κ1) is 20.5. The molecule has 0 saturated carbocycles. The van der Waals surface area contributed by atoms with Crippen molar-refractivity contribution in [2.45, 2.75) is 44.4 Å². The molecule has 1 fully saturated rings. The fourth-order valence-electron chi connectivity index (χ4n) is 3.49. The number of carbonyl (C=O) groups is 1. The van der Waals surface area contributed by atoms with Crippen LogP contribution in [0, 0.1) is 0 Å². The number of rotatable bonds is 6. The first-order valence-corrected chi connectivity index (χ1v) is 9.06. The Labute approximate surface area is 161 Å². The molecule has 2 unspecified atom stereocenters. The van der Waals surface area contributed by atoms with E-state index in [2.05, 4.69) is 15.2 Å². The van der Waals surface area contributed by atoms with Gasteiger partial charge in [0, 0.05) is 18.3 Å². The highest BCUT2D eigenvalue weighted by molar-refractivity contribution is 5.93. The van der Waals surface area contributed by atoms with Crippen molar-refractivity contribution in [1.82, 2.24) is 15.2 Å². The third kappa shape index (κ3) is 5.10. The van der Waals surface area contributed by atoms with Crippen LogP contribution < -0.4 is 10.6 Å². The fraction of sp³-hybridized carbons (Fsp3) is 0.450. The van der Waals surface area contributed by atoms with Gasteiger partial charge >= 0.3 is 0 Å². The third-order valence-electron chi connectivity index (χ3n) is 4.85. The standard InChI is InChI=1S/C20H27N3O2.ClH/c1-15(14-19(24)16-6-3-2-4-7-16)22-20(25)18-8-5-13-23(18)17-9-11-21-12-10-17;/h2-8,13,15,17,19,21,24H,9-12,14H2,1H3,(H,22,25);1H. The largest absolute Gasteiger partial charge is 0.388 e. The van der Waals surface area contributed by atoms with Crippen LogP contribution in [0.25, 0.3) is 0 Å². The number of benzene rings is 1. The molecule has 3 N–H and O–H groups in total. The minimum absolute atomic E-state index is 0. The van der Waals surface area contributed by atoms with E-state index in [-0.39, 0.29) is 24.4 Å². The molecule has 1 aromatic heterocycles. The molecule has 2 heterocycles. The Kier molecular flexibility index (Phi) is 7.69. The second-order valence-electron chi connectivity index (χ2n) is 6.82. The van der Waals surface area contributed by atoms with Gasteiger partial charge in [-0.3, -0.25) is 4.79 Å². The lowest BCUT2D eigenvalue weighted by molar-refractivity contribution is 0.0904. The SMILES string of the molecule is CC(CC(O)c1ccccc1)NC(=O)c1cccn1C1CCNCC1.Cl. The summed E-state index contributed by atoms with van der Waals surface area (Å²) in [5.74, 6) is -0.0729. The van der Waals surface area contributed by atoms with Crippen LogP contribution in [-0.4, -0.2) is 34.7 Å². The number of nitrogens with zero attached hydrogens (tertiary/aromatic N) is 1. The highest BCUT2D eigenvalue weighted by atomic mass is 35.5. The van der Waals surface area contributed by atoms with Gasteiger partial charge in [0.1, 0.15) is 5.69 Å². The average Bonchev–Trinajstić information content (AvgIpc) is 3.13. The van der Waals surface area contributed by atoms with Crippen molar-refractivity contribution in [3.05, 3.63) is 59.9 Å². The van der Waals surface area contributed by atoms with Crippen molar-refractivity contribution >= 4 is 18.3 Å². The summed E-state index contributed by atoms with van der Waals surface area (Å²) in [4.78, 5) is 12.7. The molecule has 2 atom stereocenters. The topological polar surface area (TPSA) is 66.3 Å². The summed E-state index contributed by atoms with van der Waals surface area (Å²) in [6.07, 6.45) is 3.99. The Morgan fingerprint density at radius 2 is 1.92 bits per heavy atom. The van der Waals surface area contributed by atoms with E-state index in [4.69, 9.17) is 0 Å². The summed E-state index contributed by atoms with van der Waals surface area (Å²) < 4.78 is 2.09. The molecule has 1 aliphatic heterocycles. The van der Waals surface area contributed by atoms with Crippen LogP contribution in [0.5, 0.6) is 0 Å². The smallest absolute Gasteiger partial charge is 0.268 e. The Morgan fingerprint density at radius 3 is 2.62 bits per heavy atom. The zero-order chi connectivity index (χ0) is 17.6. The predicted octanol–water partition coefficient (Wildman–Crippen LogP) is 3.08. The Morgan fingerprint density at radius 1 is 1.23 bits per heavy atom. The number of hydrogen-bond donors (Lipinski definition) is 3. The quantitative estimate of drug-likeness (QED) is 0.724. The maximum atomic E-state index is 12.7. The number of amides is 1. The molecule has 5 nitrogen and oxygen atoms in total. The van der Waals surface area contributed by atoms with Gasteiger partial charge in [-0.15, -0.1) is 12.4 Å². The van der Waals surface area contributed by atoms with Crippen molar-refractivity contribution in [2.24, 2.45) is 0 Å². The summed E-state index contributed by atoms with van der Waals surface area (Å²) in [6.45, 7) is 3.91. The van der Waals surface area contributed by atoms with E-state index >= 15 is 0 Å². The van der Waals surface area contributed by atoms with Gasteiger partial charge in [0.05, 0.1) is 6.10 Å². The van der Waals surface area contributed by atoms with Crippen LogP contribution in [-0.2, 0) is 0 Å². The normalized spacial score (nSPS) is 17.2. The Balaban J connectivity index is 0.00000243. The lowest BCUT2D eigenvalue weighted by Crippen LogP contribution is -2.36. The van der Waals surface area contributed by atoms with E-state index in [0.29, 0.717) is 18.2 Å². The molecule has 0 bridgehead atoms. The first-order chi connectivity index (χ1) is 12.1.